The summed E-state index contributed by atoms with van der Waals surface area (Å²) in [4.78, 5) is 35.0. The number of carbonyl (C=O) groups excluding carboxylic acids is 2. The lowest BCUT2D eigenvalue weighted by Gasteiger charge is -2.51. The summed E-state index contributed by atoms with van der Waals surface area (Å²) < 4.78 is 11.6. The molecule has 212 valence electrons. The highest BCUT2D eigenvalue weighted by Gasteiger charge is 2.56. The summed E-state index contributed by atoms with van der Waals surface area (Å²) in [6, 6.07) is 19.2. The Hall–Kier alpha value is -3.68. The first-order valence-electron chi connectivity index (χ1n) is 13.6. The van der Waals surface area contributed by atoms with Crippen molar-refractivity contribution in [3.8, 4) is 11.5 Å². The standard InChI is InChI=1S/C32H31Cl2N3O4/c1-18(2)41-26-12-10-20(14-27(26)40-4)22-16-37-28(38)17-36(15-19-9-11-23(33)24(34)13-19)31(39)32(37,3)30-29(22)21-7-5-6-8-25(21)35-30/h5-14,18,22,35H,15-17H2,1-4H3/t22?,32-/m0/s1. The summed E-state index contributed by atoms with van der Waals surface area (Å²) in [5.74, 6) is 0.837. The second-order valence-corrected chi connectivity index (χ2v) is 11.9. The van der Waals surface area contributed by atoms with Crippen molar-refractivity contribution in [1.29, 1.82) is 0 Å². The molecule has 0 bridgehead atoms. The van der Waals surface area contributed by atoms with E-state index in [1.54, 1.807) is 29.0 Å². The second kappa shape index (κ2) is 10.3. The summed E-state index contributed by atoms with van der Waals surface area (Å²) in [5.41, 5.74) is 3.23. The summed E-state index contributed by atoms with van der Waals surface area (Å²) >= 11 is 12.3. The van der Waals surface area contributed by atoms with Gasteiger partial charge in [0.15, 0.2) is 17.0 Å². The number of amides is 2. The summed E-state index contributed by atoms with van der Waals surface area (Å²) in [6.45, 7) is 6.36. The van der Waals surface area contributed by atoms with Crippen LogP contribution < -0.4 is 9.47 Å². The lowest BCUT2D eigenvalue weighted by Crippen LogP contribution is -2.67. The molecule has 41 heavy (non-hydrogen) atoms. The third-order valence-corrected chi connectivity index (χ3v) is 8.87. The van der Waals surface area contributed by atoms with Crippen LogP contribution in [0.1, 0.15) is 49.1 Å². The lowest BCUT2D eigenvalue weighted by molar-refractivity contribution is -0.166. The number of fused-ring (bicyclic) bond motifs is 5. The number of piperazine rings is 1. The topological polar surface area (TPSA) is 74.9 Å². The number of aromatic nitrogens is 1. The van der Waals surface area contributed by atoms with Gasteiger partial charge < -0.3 is 24.3 Å². The van der Waals surface area contributed by atoms with Crippen LogP contribution in [0.2, 0.25) is 10.0 Å². The van der Waals surface area contributed by atoms with Gasteiger partial charge in [-0.1, -0.05) is 53.5 Å². The number of methoxy groups -OCH3 is 1. The van der Waals surface area contributed by atoms with Gasteiger partial charge in [-0.3, -0.25) is 9.59 Å². The van der Waals surface area contributed by atoms with E-state index in [4.69, 9.17) is 32.7 Å². The number of H-pyrrole nitrogens is 1. The minimum Gasteiger partial charge on any atom is -0.493 e. The first-order valence-corrected chi connectivity index (χ1v) is 14.4. The monoisotopic (exact) mass is 591 g/mol. The number of hydrogen-bond acceptors (Lipinski definition) is 4. The van der Waals surface area contributed by atoms with Crippen LogP contribution in [0.5, 0.6) is 11.5 Å². The Morgan fingerprint density at radius 3 is 2.54 bits per heavy atom. The maximum absolute atomic E-state index is 14.3. The fraction of sp³-hybridized carbons (Fsp3) is 0.312. The molecule has 0 spiro atoms. The number of rotatable bonds is 6. The Morgan fingerprint density at radius 1 is 1.02 bits per heavy atom. The molecule has 2 aliphatic rings. The molecule has 2 aliphatic heterocycles. The molecule has 6 rings (SSSR count). The molecule has 7 nitrogen and oxygen atoms in total. The van der Waals surface area contributed by atoms with E-state index in [-0.39, 0.29) is 36.9 Å². The van der Waals surface area contributed by atoms with E-state index in [2.05, 4.69) is 11.1 Å². The van der Waals surface area contributed by atoms with Gasteiger partial charge in [0.25, 0.3) is 5.91 Å². The van der Waals surface area contributed by atoms with Crippen LogP contribution >= 0.6 is 23.2 Å². The van der Waals surface area contributed by atoms with Crippen molar-refractivity contribution in [2.75, 3.05) is 20.2 Å². The van der Waals surface area contributed by atoms with E-state index in [9.17, 15) is 9.59 Å². The number of halogens is 2. The summed E-state index contributed by atoms with van der Waals surface area (Å²) in [7, 11) is 1.62. The van der Waals surface area contributed by atoms with Crippen molar-refractivity contribution in [2.45, 2.75) is 44.9 Å². The van der Waals surface area contributed by atoms with Crippen molar-refractivity contribution in [2.24, 2.45) is 0 Å². The van der Waals surface area contributed by atoms with Crippen LogP contribution in [0.4, 0.5) is 0 Å². The van der Waals surface area contributed by atoms with E-state index >= 15 is 0 Å². The SMILES string of the molecule is COc1cc(C2CN3C(=O)CN(Cc4ccc(Cl)c(Cl)c4)C(=O)[C@]3(C)c3[nH]c4ccccc4c32)ccc1OC(C)C. The number of aromatic amines is 1. The smallest absolute Gasteiger partial charge is 0.255 e. The summed E-state index contributed by atoms with van der Waals surface area (Å²) in [5, 5.41) is 1.87. The van der Waals surface area contributed by atoms with Gasteiger partial charge in [0.1, 0.15) is 6.54 Å². The largest absolute Gasteiger partial charge is 0.493 e. The van der Waals surface area contributed by atoms with Crippen molar-refractivity contribution in [3.05, 3.63) is 93.1 Å². The minimum atomic E-state index is -1.21. The Labute approximate surface area is 248 Å². The van der Waals surface area contributed by atoms with Gasteiger partial charge in [-0.05, 0) is 67.8 Å². The van der Waals surface area contributed by atoms with Crippen molar-refractivity contribution in [3.63, 3.8) is 0 Å². The average molecular weight is 593 g/mol. The molecule has 3 aromatic carbocycles. The highest BCUT2D eigenvalue weighted by Crippen LogP contribution is 2.49. The molecule has 0 aliphatic carbocycles. The minimum absolute atomic E-state index is 0.00538. The number of ether oxygens (including phenoxy) is 2. The van der Waals surface area contributed by atoms with E-state index in [0.29, 0.717) is 28.1 Å². The number of para-hydroxylation sites is 1. The normalized spacial score (nSPS) is 20.4. The Kier molecular flexibility index (Phi) is 6.91. The van der Waals surface area contributed by atoms with Crippen LogP contribution in [0.3, 0.4) is 0 Å². The molecule has 1 N–H and O–H groups in total. The van der Waals surface area contributed by atoms with Gasteiger partial charge in [0.2, 0.25) is 5.91 Å². The van der Waals surface area contributed by atoms with Crippen LogP contribution in [0, 0.1) is 0 Å². The summed E-state index contributed by atoms with van der Waals surface area (Å²) in [6.07, 6.45) is -0.00538. The molecule has 2 amide bonds. The van der Waals surface area contributed by atoms with Gasteiger partial charge in [-0.15, -0.1) is 0 Å². The Morgan fingerprint density at radius 2 is 1.80 bits per heavy atom. The Bertz CT molecular complexity index is 1680. The number of nitrogens with zero attached hydrogens (tertiary/aromatic N) is 2. The highest BCUT2D eigenvalue weighted by atomic mass is 35.5. The zero-order chi connectivity index (χ0) is 29.1. The molecule has 1 aromatic heterocycles. The van der Waals surface area contributed by atoms with E-state index in [1.165, 1.54) is 0 Å². The highest BCUT2D eigenvalue weighted by molar-refractivity contribution is 6.42. The number of nitrogens with one attached hydrogen (secondary N) is 1. The molecule has 9 heteroatoms. The van der Waals surface area contributed by atoms with Crippen molar-refractivity contribution >= 4 is 45.9 Å². The lowest BCUT2D eigenvalue weighted by atomic mass is 9.76. The number of carbonyl (C=O) groups is 2. The first kappa shape index (κ1) is 27.5. The quantitative estimate of drug-likeness (QED) is 0.277. The van der Waals surface area contributed by atoms with E-state index in [1.807, 2.05) is 63.2 Å². The van der Waals surface area contributed by atoms with E-state index in [0.717, 1.165) is 33.3 Å². The third kappa shape index (κ3) is 4.52. The predicted octanol–water partition coefficient (Wildman–Crippen LogP) is 6.50. The van der Waals surface area contributed by atoms with Crippen molar-refractivity contribution < 1.29 is 19.1 Å². The number of benzene rings is 3. The second-order valence-electron chi connectivity index (χ2n) is 11.1. The molecule has 1 fully saturated rings. The predicted molar refractivity (Wildman–Crippen MR) is 160 cm³/mol. The first-order chi connectivity index (χ1) is 19.6. The molecule has 0 radical (unpaired) electrons. The van der Waals surface area contributed by atoms with Gasteiger partial charge >= 0.3 is 0 Å². The molecular formula is C32H31Cl2N3O4. The zero-order valence-electron chi connectivity index (χ0n) is 23.3. The van der Waals surface area contributed by atoms with Gasteiger partial charge in [-0.2, -0.15) is 0 Å². The van der Waals surface area contributed by atoms with Crippen LogP contribution in [-0.2, 0) is 21.7 Å². The molecule has 4 aromatic rings. The van der Waals surface area contributed by atoms with E-state index < -0.39 is 5.54 Å². The third-order valence-electron chi connectivity index (χ3n) is 8.13. The fourth-order valence-electron chi connectivity index (χ4n) is 6.21. The van der Waals surface area contributed by atoms with Gasteiger partial charge in [0, 0.05) is 29.9 Å². The maximum atomic E-state index is 14.3. The zero-order valence-corrected chi connectivity index (χ0v) is 24.8. The van der Waals surface area contributed by atoms with Crippen LogP contribution in [-0.4, -0.2) is 52.9 Å². The molecule has 0 saturated carbocycles. The maximum Gasteiger partial charge on any atom is 0.255 e. The van der Waals surface area contributed by atoms with Gasteiger partial charge in [-0.25, -0.2) is 0 Å². The molecule has 1 saturated heterocycles. The van der Waals surface area contributed by atoms with Gasteiger partial charge in [0.05, 0.1) is 29.0 Å². The molecule has 1 unspecified atom stereocenters. The van der Waals surface area contributed by atoms with Crippen LogP contribution in [0.25, 0.3) is 10.9 Å². The Balaban J connectivity index is 1.46. The number of hydrogen-bond donors (Lipinski definition) is 1. The average Bonchev–Trinajstić information content (AvgIpc) is 3.34. The van der Waals surface area contributed by atoms with Crippen molar-refractivity contribution in [1.82, 2.24) is 14.8 Å². The fourth-order valence-corrected chi connectivity index (χ4v) is 6.53. The molecule has 2 atom stereocenters. The van der Waals surface area contributed by atoms with Crippen LogP contribution in [0.15, 0.2) is 60.7 Å². The molecule has 3 heterocycles. The molecular weight excluding hydrogens is 561 g/mol.